The number of methoxy groups -OCH3 is 1. The monoisotopic (exact) mass is 356 g/mol. The molecule has 0 bridgehead atoms. The number of carbonyl (C=O) groups excluding carboxylic acids is 1. The van der Waals surface area contributed by atoms with Gasteiger partial charge in [-0.2, -0.15) is 0 Å². The first-order chi connectivity index (χ1) is 12.5. The van der Waals surface area contributed by atoms with Gasteiger partial charge in [-0.25, -0.2) is 4.79 Å². The molecule has 2 rings (SSSR count). The first-order valence-corrected chi connectivity index (χ1v) is 9.12. The number of hydrogen-bond donors (Lipinski definition) is 1. The molecule has 0 aliphatic carbocycles. The van der Waals surface area contributed by atoms with Gasteiger partial charge < -0.3 is 14.6 Å². The lowest BCUT2D eigenvalue weighted by Gasteiger charge is -2.20. The van der Waals surface area contributed by atoms with E-state index in [4.69, 9.17) is 9.47 Å². The number of aliphatic hydroxyl groups excluding tert-OH is 1. The number of hydrogen-bond acceptors (Lipinski definition) is 4. The molecule has 0 aliphatic rings. The van der Waals surface area contributed by atoms with Gasteiger partial charge >= 0.3 is 5.97 Å². The molecule has 26 heavy (non-hydrogen) atoms. The largest absolute Gasteiger partial charge is 0.474 e. The highest BCUT2D eigenvalue weighted by atomic mass is 16.6. The molecule has 0 aromatic heterocycles. The SMILES string of the molecule is CCCC(O)CCc1ccccc1OC(C(=O)OC)c1cccc(C)c1. The molecule has 0 amide bonds. The van der Waals surface area contributed by atoms with Gasteiger partial charge in [-0.05, 0) is 37.8 Å². The van der Waals surface area contributed by atoms with Gasteiger partial charge in [0.2, 0.25) is 6.10 Å². The second-order valence-corrected chi connectivity index (χ2v) is 6.52. The fourth-order valence-electron chi connectivity index (χ4n) is 2.94. The van der Waals surface area contributed by atoms with Crippen LogP contribution in [0.4, 0.5) is 0 Å². The highest BCUT2D eigenvalue weighted by molar-refractivity contribution is 5.77. The van der Waals surface area contributed by atoms with Crippen molar-refractivity contribution in [3.05, 3.63) is 65.2 Å². The molecule has 2 atom stereocenters. The maximum Gasteiger partial charge on any atom is 0.351 e. The Morgan fingerprint density at radius 3 is 2.58 bits per heavy atom. The second-order valence-electron chi connectivity index (χ2n) is 6.52. The predicted molar refractivity (Wildman–Crippen MR) is 102 cm³/mol. The molecule has 140 valence electrons. The molecule has 0 spiro atoms. The highest BCUT2D eigenvalue weighted by Gasteiger charge is 2.24. The molecule has 0 heterocycles. The lowest BCUT2D eigenvalue weighted by Crippen LogP contribution is -2.21. The molecule has 0 saturated heterocycles. The van der Waals surface area contributed by atoms with Crippen molar-refractivity contribution in [1.29, 1.82) is 0 Å². The van der Waals surface area contributed by atoms with Crippen LogP contribution in [0.3, 0.4) is 0 Å². The summed E-state index contributed by atoms with van der Waals surface area (Å²) in [7, 11) is 1.36. The summed E-state index contributed by atoms with van der Waals surface area (Å²) < 4.78 is 11.0. The molecule has 0 radical (unpaired) electrons. The fourth-order valence-corrected chi connectivity index (χ4v) is 2.94. The van der Waals surface area contributed by atoms with Crippen LogP contribution >= 0.6 is 0 Å². The Balaban J connectivity index is 2.21. The zero-order chi connectivity index (χ0) is 18.9. The van der Waals surface area contributed by atoms with E-state index in [0.717, 1.165) is 29.5 Å². The second kappa shape index (κ2) is 9.97. The number of para-hydroxylation sites is 1. The molecular formula is C22H28O4. The van der Waals surface area contributed by atoms with Gasteiger partial charge in [-0.1, -0.05) is 61.4 Å². The van der Waals surface area contributed by atoms with E-state index < -0.39 is 12.1 Å². The van der Waals surface area contributed by atoms with Crippen molar-refractivity contribution < 1.29 is 19.4 Å². The normalized spacial score (nSPS) is 13.1. The van der Waals surface area contributed by atoms with Crippen LogP contribution in [-0.4, -0.2) is 24.3 Å². The van der Waals surface area contributed by atoms with Gasteiger partial charge in [0.25, 0.3) is 0 Å². The topological polar surface area (TPSA) is 55.8 Å². The highest BCUT2D eigenvalue weighted by Crippen LogP contribution is 2.28. The van der Waals surface area contributed by atoms with Crippen LogP contribution in [0.1, 0.15) is 49.0 Å². The van der Waals surface area contributed by atoms with E-state index in [1.54, 1.807) is 0 Å². The lowest BCUT2D eigenvalue weighted by atomic mass is 10.0. The lowest BCUT2D eigenvalue weighted by molar-refractivity contribution is -0.149. The molecule has 2 aromatic carbocycles. The summed E-state index contributed by atoms with van der Waals surface area (Å²) in [6.45, 7) is 4.03. The molecule has 2 unspecified atom stereocenters. The van der Waals surface area contributed by atoms with Gasteiger partial charge in [0.1, 0.15) is 5.75 Å². The summed E-state index contributed by atoms with van der Waals surface area (Å²) in [6.07, 6.45) is 1.97. The van der Waals surface area contributed by atoms with E-state index in [0.29, 0.717) is 18.6 Å². The number of rotatable bonds is 9. The third-order valence-electron chi connectivity index (χ3n) is 4.35. The van der Waals surface area contributed by atoms with Gasteiger partial charge in [-0.3, -0.25) is 0 Å². The summed E-state index contributed by atoms with van der Waals surface area (Å²) in [6, 6.07) is 15.3. The summed E-state index contributed by atoms with van der Waals surface area (Å²) in [5.41, 5.74) is 2.79. The summed E-state index contributed by atoms with van der Waals surface area (Å²) in [4.78, 5) is 12.3. The number of esters is 1. The van der Waals surface area contributed by atoms with Crippen LogP contribution in [0.2, 0.25) is 0 Å². The molecule has 4 heteroatoms. The van der Waals surface area contributed by atoms with E-state index in [1.165, 1.54) is 7.11 Å². The van der Waals surface area contributed by atoms with Crippen LogP contribution < -0.4 is 4.74 Å². The minimum Gasteiger partial charge on any atom is -0.474 e. The van der Waals surface area contributed by atoms with E-state index in [1.807, 2.05) is 55.5 Å². The van der Waals surface area contributed by atoms with Crippen molar-refractivity contribution in [2.45, 2.75) is 51.7 Å². The zero-order valence-electron chi connectivity index (χ0n) is 15.8. The van der Waals surface area contributed by atoms with E-state index >= 15 is 0 Å². The summed E-state index contributed by atoms with van der Waals surface area (Å²) in [5.74, 6) is 0.213. The molecule has 0 fully saturated rings. The number of aliphatic hydroxyl groups is 1. The van der Waals surface area contributed by atoms with Crippen LogP contribution in [-0.2, 0) is 16.0 Å². The van der Waals surface area contributed by atoms with E-state index in [-0.39, 0.29) is 6.10 Å². The Morgan fingerprint density at radius 1 is 1.12 bits per heavy atom. The number of benzene rings is 2. The Bertz CT molecular complexity index is 711. The summed E-state index contributed by atoms with van der Waals surface area (Å²) >= 11 is 0. The fraction of sp³-hybridized carbons (Fsp3) is 0.409. The molecule has 1 N–H and O–H groups in total. The first kappa shape index (κ1) is 20.0. The van der Waals surface area contributed by atoms with Gasteiger partial charge in [0, 0.05) is 5.56 Å². The first-order valence-electron chi connectivity index (χ1n) is 9.12. The molecule has 0 aliphatic heterocycles. The third-order valence-corrected chi connectivity index (χ3v) is 4.35. The van der Waals surface area contributed by atoms with Crippen molar-refractivity contribution in [3.8, 4) is 5.75 Å². The van der Waals surface area contributed by atoms with E-state index in [9.17, 15) is 9.90 Å². The Morgan fingerprint density at radius 2 is 1.88 bits per heavy atom. The van der Waals surface area contributed by atoms with Crippen molar-refractivity contribution in [3.63, 3.8) is 0 Å². The standard InChI is InChI=1S/C22H28O4/c1-4-8-19(23)14-13-17-10-5-6-12-20(17)26-21(22(24)25-3)18-11-7-9-16(2)15-18/h5-7,9-12,15,19,21,23H,4,8,13-14H2,1-3H3. The minimum atomic E-state index is -0.818. The van der Waals surface area contributed by atoms with Crippen molar-refractivity contribution in [2.75, 3.05) is 7.11 Å². The average Bonchev–Trinajstić information content (AvgIpc) is 2.64. The van der Waals surface area contributed by atoms with Gasteiger partial charge in [0.05, 0.1) is 13.2 Å². The predicted octanol–water partition coefficient (Wildman–Crippen LogP) is 4.38. The number of carbonyl (C=O) groups is 1. The Kier molecular flexibility index (Phi) is 7.67. The van der Waals surface area contributed by atoms with Crippen molar-refractivity contribution in [2.24, 2.45) is 0 Å². The maximum atomic E-state index is 12.3. The van der Waals surface area contributed by atoms with Gasteiger partial charge in [0.15, 0.2) is 0 Å². The van der Waals surface area contributed by atoms with Crippen molar-refractivity contribution in [1.82, 2.24) is 0 Å². The van der Waals surface area contributed by atoms with Gasteiger partial charge in [-0.15, -0.1) is 0 Å². The smallest absolute Gasteiger partial charge is 0.351 e. The van der Waals surface area contributed by atoms with Crippen molar-refractivity contribution >= 4 is 5.97 Å². The number of ether oxygens (including phenoxy) is 2. The maximum absolute atomic E-state index is 12.3. The number of aryl methyl sites for hydroxylation is 2. The molecule has 2 aromatic rings. The quantitative estimate of drug-likeness (QED) is 0.677. The summed E-state index contributed by atoms with van der Waals surface area (Å²) in [5, 5.41) is 10.0. The Hall–Kier alpha value is -2.33. The third kappa shape index (κ3) is 5.60. The van der Waals surface area contributed by atoms with Crippen LogP contribution in [0, 0.1) is 6.92 Å². The van der Waals surface area contributed by atoms with Crippen LogP contribution in [0.5, 0.6) is 5.75 Å². The minimum absolute atomic E-state index is 0.318. The Labute approximate surface area is 155 Å². The van der Waals surface area contributed by atoms with Crippen LogP contribution in [0.25, 0.3) is 0 Å². The zero-order valence-corrected chi connectivity index (χ0v) is 15.8. The molecular weight excluding hydrogens is 328 g/mol. The molecule has 0 saturated carbocycles. The molecule has 4 nitrogen and oxygen atoms in total. The van der Waals surface area contributed by atoms with E-state index in [2.05, 4.69) is 6.92 Å². The van der Waals surface area contributed by atoms with Crippen LogP contribution in [0.15, 0.2) is 48.5 Å². The average molecular weight is 356 g/mol.